The molecule has 3 nitrogen and oxygen atoms in total. The summed E-state index contributed by atoms with van der Waals surface area (Å²) >= 11 is 3.43. The summed E-state index contributed by atoms with van der Waals surface area (Å²) in [7, 11) is 1.35. The zero-order valence-corrected chi connectivity index (χ0v) is 13.3. The van der Waals surface area contributed by atoms with Gasteiger partial charge in [-0.2, -0.15) is 0 Å². The third-order valence-corrected chi connectivity index (χ3v) is 3.88. The molecule has 0 aliphatic heterocycles. The van der Waals surface area contributed by atoms with E-state index >= 15 is 0 Å². The van der Waals surface area contributed by atoms with Crippen molar-refractivity contribution in [1.29, 1.82) is 0 Å². The first kappa shape index (κ1) is 15.5. The summed E-state index contributed by atoms with van der Waals surface area (Å²) in [6.45, 7) is 2.43. The van der Waals surface area contributed by atoms with Crippen LogP contribution in [0.4, 0.5) is 10.1 Å². The van der Waals surface area contributed by atoms with Crippen LogP contribution in [0.1, 0.15) is 21.5 Å². The predicted molar refractivity (Wildman–Crippen MR) is 83.9 cm³/mol. The molecule has 0 bridgehead atoms. The lowest BCUT2D eigenvalue weighted by Crippen LogP contribution is -2.05. The Balaban J connectivity index is 2.13. The number of carbonyl (C=O) groups excluding carboxylic acids is 1. The van der Waals surface area contributed by atoms with Crippen LogP contribution in [0.2, 0.25) is 0 Å². The summed E-state index contributed by atoms with van der Waals surface area (Å²) in [6, 6.07) is 9.87. The SMILES string of the molecule is COC(=O)c1ccc(CNc2cc(F)ccc2C)c(Br)c1. The molecule has 2 rings (SSSR count). The molecule has 110 valence electrons. The van der Waals surface area contributed by atoms with Crippen LogP contribution in [0, 0.1) is 12.7 Å². The minimum Gasteiger partial charge on any atom is -0.465 e. The van der Waals surface area contributed by atoms with E-state index in [2.05, 4.69) is 26.0 Å². The quantitative estimate of drug-likeness (QED) is 0.834. The Hall–Kier alpha value is -1.88. The van der Waals surface area contributed by atoms with Crippen molar-refractivity contribution in [3.05, 3.63) is 63.4 Å². The van der Waals surface area contributed by atoms with Crippen molar-refractivity contribution in [2.75, 3.05) is 12.4 Å². The van der Waals surface area contributed by atoms with Gasteiger partial charge in [-0.05, 0) is 42.3 Å². The Morgan fingerprint density at radius 1 is 1.29 bits per heavy atom. The van der Waals surface area contributed by atoms with Crippen molar-refractivity contribution >= 4 is 27.6 Å². The average molecular weight is 352 g/mol. The van der Waals surface area contributed by atoms with Crippen LogP contribution in [0.3, 0.4) is 0 Å². The van der Waals surface area contributed by atoms with Crippen LogP contribution in [0.15, 0.2) is 40.9 Å². The molecule has 0 aliphatic carbocycles. The minimum atomic E-state index is -0.379. The van der Waals surface area contributed by atoms with Crippen molar-refractivity contribution < 1.29 is 13.9 Å². The largest absolute Gasteiger partial charge is 0.465 e. The number of hydrogen-bond donors (Lipinski definition) is 1. The number of rotatable bonds is 4. The molecule has 2 aromatic carbocycles. The fraction of sp³-hybridized carbons (Fsp3) is 0.188. The highest BCUT2D eigenvalue weighted by molar-refractivity contribution is 9.10. The van der Waals surface area contributed by atoms with Gasteiger partial charge in [-0.25, -0.2) is 9.18 Å². The van der Waals surface area contributed by atoms with E-state index < -0.39 is 0 Å². The molecule has 0 unspecified atom stereocenters. The van der Waals surface area contributed by atoms with Gasteiger partial charge in [-0.1, -0.05) is 28.1 Å². The van der Waals surface area contributed by atoms with E-state index in [4.69, 9.17) is 0 Å². The highest BCUT2D eigenvalue weighted by Crippen LogP contribution is 2.22. The Labute approximate surface area is 131 Å². The van der Waals surface area contributed by atoms with Crippen molar-refractivity contribution in [2.45, 2.75) is 13.5 Å². The molecule has 0 aliphatic rings. The fourth-order valence-corrected chi connectivity index (χ4v) is 2.43. The van der Waals surface area contributed by atoms with E-state index in [0.717, 1.165) is 21.3 Å². The standard InChI is InChI=1S/C16H15BrFNO2/c1-10-3-6-13(18)8-15(10)19-9-12-5-4-11(7-14(12)17)16(20)21-2/h3-8,19H,9H2,1-2H3. The topological polar surface area (TPSA) is 38.3 Å². The number of anilines is 1. The summed E-state index contributed by atoms with van der Waals surface area (Å²) in [5.41, 5.74) is 3.17. The van der Waals surface area contributed by atoms with Gasteiger partial charge < -0.3 is 10.1 Å². The number of ether oxygens (including phenoxy) is 1. The van der Waals surface area contributed by atoms with E-state index in [-0.39, 0.29) is 11.8 Å². The zero-order valence-electron chi connectivity index (χ0n) is 11.7. The molecule has 0 spiro atoms. The number of benzene rings is 2. The molecule has 0 heterocycles. The predicted octanol–water partition coefficient (Wildman–Crippen LogP) is 4.30. The van der Waals surface area contributed by atoms with Gasteiger partial charge in [0, 0.05) is 16.7 Å². The number of nitrogens with one attached hydrogen (secondary N) is 1. The van der Waals surface area contributed by atoms with Crippen molar-refractivity contribution in [2.24, 2.45) is 0 Å². The van der Waals surface area contributed by atoms with Crippen LogP contribution < -0.4 is 5.32 Å². The number of halogens is 2. The second-order valence-electron chi connectivity index (χ2n) is 4.61. The van der Waals surface area contributed by atoms with Crippen LogP contribution in [0.5, 0.6) is 0 Å². The lowest BCUT2D eigenvalue weighted by atomic mass is 10.1. The minimum absolute atomic E-state index is 0.275. The van der Waals surface area contributed by atoms with Crippen LogP contribution in [-0.4, -0.2) is 13.1 Å². The monoisotopic (exact) mass is 351 g/mol. The zero-order chi connectivity index (χ0) is 15.4. The number of methoxy groups -OCH3 is 1. The Morgan fingerprint density at radius 2 is 2.05 bits per heavy atom. The molecular weight excluding hydrogens is 337 g/mol. The molecule has 1 N–H and O–H groups in total. The fourth-order valence-electron chi connectivity index (χ4n) is 1.91. The number of aryl methyl sites for hydroxylation is 1. The number of esters is 1. The summed E-state index contributed by atoms with van der Waals surface area (Å²) in [4.78, 5) is 11.4. The molecule has 21 heavy (non-hydrogen) atoms. The molecule has 2 aromatic rings. The van der Waals surface area contributed by atoms with Crippen LogP contribution in [0.25, 0.3) is 0 Å². The molecule has 0 fully saturated rings. The normalized spacial score (nSPS) is 10.3. The molecule has 0 saturated carbocycles. The Bertz CT molecular complexity index is 673. The first-order valence-electron chi connectivity index (χ1n) is 6.38. The highest BCUT2D eigenvalue weighted by atomic mass is 79.9. The van der Waals surface area contributed by atoms with Gasteiger partial charge in [-0.3, -0.25) is 0 Å². The molecule has 0 amide bonds. The van der Waals surface area contributed by atoms with Crippen molar-refractivity contribution in [1.82, 2.24) is 0 Å². The van der Waals surface area contributed by atoms with Gasteiger partial charge in [0.25, 0.3) is 0 Å². The van der Waals surface area contributed by atoms with Gasteiger partial charge in [0.1, 0.15) is 5.82 Å². The second-order valence-corrected chi connectivity index (χ2v) is 5.46. The lowest BCUT2D eigenvalue weighted by Gasteiger charge is -2.11. The van der Waals surface area contributed by atoms with E-state index in [1.807, 2.05) is 13.0 Å². The maximum atomic E-state index is 13.2. The number of hydrogen-bond acceptors (Lipinski definition) is 3. The first-order chi connectivity index (χ1) is 10.0. The van der Waals surface area contributed by atoms with Gasteiger partial charge in [0.05, 0.1) is 12.7 Å². The molecule has 0 saturated heterocycles. The summed E-state index contributed by atoms with van der Waals surface area (Å²) in [5, 5.41) is 3.19. The maximum absolute atomic E-state index is 13.2. The molecule has 0 atom stereocenters. The number of carbonyl (C=O) groups is 1. The van der Waals surface area contributed by atoms with Crippen molar-refractivity contribution in [3.8, 4) is 0 Å². The van der Waals surface area contributed by atoms with E-state index in [9.17, 15) is 9.18 Å². The second kappa shape index (κ2) is 6.72. The smallest absolute Gasteiger partial charge is 0.337 e. The molecule has 5 heteroatoms. The van der Waals surface area contributed by atoms with Gasteiger partial charge in [0.2, 0.25) is 0 Å². The Morgan fingerprint density at radius 3 is 2.71 bits per heavy atom. The summed E-state index contributed by atoms with van der Waals surface area (Å²) < 4.78 is 18.7. The van der Waals surface area contributed by atoms with E-state index in [1.165, 1.54) is 19.2 Å². The van der Waals surface area contributed by atoms with Gasteiger partial charge in [0.15, 0.2) is 0 Å². The molecular formula is C16H15BrFNO2. The van der Waals surface area contributed by atoms with Crippen LogP contribution in [-0.2, 0) is 11.3 Å². The van der Waals surface area contributed by atoms with Gasteiger partial charge in [-0.15, -0.1) is 0 Å². The van der Waals surface area contributed by atoms with E-state index in [1.54, 1.807) is 18.2 Å². The average Bonchev–Trinajstić information content (AvgIpc) is 2.48. The summed E-state index contributed by atoms with van der Waals surface area (Å²) in [5.74, 6) is -0.653. The Kier molecular flexibility index (Phi) is 4.96. The maximum Gasteiger partial charge on any atom is 0.337 e. The van der Waals surface area contributed by atoms with Crippen LogP contribution >= 0.6 is 15.9 Å². The molecule has 0 radical (unpaired) electrons. The third kappa shape index (κ3) is 3.82. The first-order valence-corrected chi connectivity index (χ1v) is 7.17. The summed E-state index contributed by atoms with van der Waals surface area (Å²) in [6.07, 6.45) is 0. The van der Waals surface area contributed by atoms with E-state index in [0.29, 0.717) is 12.1 Å². The third-order valence-electron chi connectivity index (χ3n) is 3.14. The van der Waals surface area contributed by atoms with Crippen molar-refractivity contribution in [3.63, 3.8) is 0 Å². The molecule has 0 aromatic heterocycles. The lowest BCUT2D eigenvalue weighted by molar-refractivity contribution is 0.0600. The highest BCUT2D eigenvalue weighted by Gasteiger charge is 2.09. The van der Waals surface area contributed by atoms with Gasteiger partial charge >= 0.3 is 5.97 Å².